The van der Waals surface area contributed by atoms with Crippen LogP contribution in [0.3, 0.4) is 0 Å². The van der Waals surface area contributed by atoms with Crippen molar-refractivity contribution >= 4 is 33.2 Å². The van der Waals surface area contributed by atoms with E-state index in [0.717, 1.165) is 21.3 Å². The second-order valence-corrected chi connectivity index (χ2v) is 10.3. The molecule has 3 aromatic rings. The number of carbonyl (C=O) groups excluding carboxylic acids is 2. The van der Waals surface area contributed by atoms with Crippen molar-refractivity contribution in [2.75, 3.05) is 12.0 Å². The Labute approximate surface area is 196 Å². The molecule has 0 fully saturated rings. The third-order valence-electron chi connectivity index (χ3n) is 6.74. The van der Waals surface area contributed by atoms with Crippen LogP contribution in [-0.4, -0.2) is 31.6 Å². The molecule has 2 amide bonds. The quantitative estimate of drug-likeness (QED) is 0.583. The van der Waals surface area contributed by atoms with Crippen LogP contribution in [0.1, 0.15) is 23.1 Å². The lowest BCUT2D eigenvalue weighted by atomic mass is 9.75. The van der Waals surface area contributed by atoms with Gasteiger partial charge in [0, 0.05) is 11.3 Å². The molecule has 3 aliphatic heterocycles. The minimum absolute atomic E-state index is 0.0838. The molecule has 1 spiro atoms. The summed E-state index contributed by atoms with van der Waals surface area (Å²) in [6.07, 6.45) is 1.42. The summed E-state index contributed by atoms with van der Waals surface area (Å²) >= 11 is 0. The Kier molecular flexibility index (Phi) is 4.28. The molecule has 3 aliphatic rings. The van der Waals surface area contributed by atoms with E-state index in [1.54, 1.807) is 36.3 Å². The van der Waals surface area contributed by atoms with Crippen LogP contribution in [0.4, 0.5) is 5.69 Å². The molecule has 3 aromatic carbocycles. The van der Waals surface area contributed by atoms with E-state index in [-0.39, 0.29) is 22.9 Å². The summed E-state index contributed by atoms with van der Waals surface area (Å²) in [6.45, 7) is 0.317. The molecule has 0 aromatic heterocycles. The maximum Gasteiger partial charge on any atom is 0.271 e. The average molecular weight is 473 g/mol. The maximum atomic E-state index is 14.0. The highest BCUT2D eigenvalue weighted by atomic mass is 32.2. The van der Waals surface area contributed by atoms with Crippen molar-refractivity contribution in [2.24, 2.45) is 0 Å². The molecular weight excluding hydrogens is 452 g/mol. The number of benzene rings is 3. The highest BCUT2D eigenvalue weighted by Gasteiger charge is 2.57. The largest absolute Gasteiger partial charge is 0.497 e. The second-order valence-electron chi connectivity index (χ2n) is 8.59. The third kappa shape index (κ3) is 2.66. The Morgan fingerprint density at radius 2 is 1.65 bits per heavy atom. The van der Waals surface area contributed by atoms with Crippen molar-refractivity contribution in [1.29, 1.82) is 0 Å². The highest BCUT2D eigenvalue weighted by Crippen LogP contribution is 2.52. The molecule has 170 valence electrons. The highest BCUT2D eigenvalue weighted by molar-refractivity contribution is 7.90. The number of anilines is 1. The molecule has 0 saturated heterocycles. The minimum atomic E-state index is -3.99. The zero-order valence-electron chi connectivity index (χ0n) is 18.3. The van der Waals surface area contributed by atoms with Crippen LogP contribution in [0.25, 0.3) is 5.70 Å². The smallest absolute Gasteiger partial charge is 0.271 e. The lowest BCUT2D eigenvalue weighted by molar-refractivity contribution is -0.131. The molecule has 0 saturated carbocycles. The van der Waals surface area contributed by atoms with Crippen molar-refractivity contribution < 1.29 is 22.7 Å². The summed E-state index contributed by atoms with van der Waals surface area (Å²) < 4.78 is 32.2. The fourth-order valence-corrected chi connectivity index (χ4v) is 6.81. The number of rotatable bonds is 3. The van der Waals surface area contributed by atoms with E-state index in [4.69, 9.17) is 4.74 Å². The van der Waals surface area contributed by atoms with Crippen LogP contribution in [0.2, 0.25) is 0 Å². The lowest BCUT2D eigenvalue weighted by Crippen LogP contribution is -2.47. The van der Waals surface area contributed by atoms with Crippen molar-refractivity contribution in [1.82, 2.24) is 4.31 Å². The van der Waals surface area contributed by atoms with Gasteiger partial charge in [-0.25, -0.2) is 12.7 Å². The summed E-state index contributed by atoms with van der Waals surface area (Å²) in [5.41, 5.74) is 1.76. The van der Waals surface area contributed by atoms with Gasteiger partial charge in [0.1, 0.15) is 11.2 Å². The number of carbonyl (C=O) groups is 2. The predicted octanol–water partition coefficient (Wildman–Crippen LogP) is 3.46. The topological polar surface area (TPSA) is 84.0 Å². The molecule has 0 radical (unpaired) electrons. The molecule has 34 heavy (non-hydrogen) atoms. The van der Waals surface area contributed by atoms with Crippen molar-refractivity contribution in [3.8, 4) is 5.75 Å². The average Bonchev–Trinajstić information content (AvgIpc) is 3.21. The fraction of sp³-hybridized carbons (Fsp3) is 0.154. The number of methoxy groups -OCH3 is 1. The Balaban J connectivity index is 1.50. The normalized spacial score (nSPS) is 21.9. The molecule has 3 heterocycles. The predicted molar refractivity (Wildman–Crippen MR) is 125 cm³/mol. The summed E-state index contributed by atoms with van der Waals surface area (Å²) in [4.78, 5) is 29.1. The van der Waals surface area contributed by atoms with E-state index >= 15 is 0 Å². The first kappa shape index (κ1) is 20.7. The van der Waals surface area contributed by atoms with E-state index < -0.39 is 21.3 Å². The number of para-hydroxylation sites is 1. The Bertz CT molecular complexity index is 1510. The zero-order valence-corrected chi connectivity index (χ0v) is 19.1. The van der Waals surface area contributed by atoms with Gasteiger partial charge in [0.2, 0.25) is 11.8 Å². The van der Waals surface area contributed by atoms with E-state index in [1.165, 1.54) is 6.07 Å². The summed E-state index contributed by atoms with van der Waals surface area (Å²) in [5, 5.41) is 0. The molecule has 7 nitrogen and oxygen atoms in total. The number of sulfonamides is 1. The molecule has 0 bridgehead atoms. The summed E-state index contributed by atoms with van der Waals surface area (Å²) in [6, 6.07) is 21.4. The molecule has 8 heteroatoms. The van der Waals surface area contributed by atoms with E-state index in [1.807, 2.05) is 48.5 Å². The summed E-state index contributed by atoms with van der Waals surface area (Å²) in [5.74, 6) is -0.132. The number of hydrogen-bond acceptors (Lipinski definition) is 5. The number of amides is 2. The molecular formula is C26H20N2O5S. The lowest BCUT2D eigenvalue weighted by Gasteiger charge is -2.33. The number of ether oxygens (including phenoxy) is 1. The van der Waals surface area contributed by atoms with Gasteiger partial charge in [-0.2, -0.15) is 0 Å². The Morgan fingerprint density at radius 3 is 2.41 bits per heavy atom. The van der Waals surface area contributed by atoms with Crippen LogP contribution in [-0.2, 0) is 31.6 Å². The standard InChI is InChI=1S/C26H20N2O5S/c1-33-18-12-10-17(11-13-18)16-27-21-8-4-3-7-20(21)26(25(27)30)14-22-19-6-2-5-9-23(19)34(31,32)28(22)24(29)15-26/h2-14H,15-16H2,1H3/t26-/m1/s1. The Morgan fingerprint density at radius 1 is 0.941 bits per heavy atom. The minimum Gasteiger partial charge on any atom is -0.497 e. The zero-order chi connectivity index (χ0) is 23.7. The van der Waals surface area contributed by atoms with Crippen LogP contribution in [0, 0.1) is 0 Å². The molecule has 0 unspecified atom stereocenters. The van der Waals surface area contributed by atoms with Gasteiger partial charge >= 0.3 is 0 Å². The van der Waals surface area contributed by atoms with Gasteiger partial charge in [0.15, 0.2) is 0 Å². The van der Waals surface area contributed by atoms with E-state index in [0.29, 0.717) is 17.7 Å². The van der Waals surface area contributed by atoms with Gasteiger partial charge in [0.05, 0.1) is 30.7 Å². The van der Waals surface area contributed by atoms with Gasteiger partial charge in [-0.3, -0.25) is 9.59 Å². The molecule has 0 aliphatic carbocycles. The van der Waals surface area contributed by atoms with Crippen LogP contribution >= 0.6 is 0 Å². The SMILES string of the molecule is COc1ccc(CN2C(=O)[C@@]3(C=C4c5ccccc5S(=O)(=O)N4C(=O)C3)c3ccccc32)cc1. The first-order valence-corrected chi connectivity index (χ1v) is 12.3. The van der Waals surface area contributed by atoms with Crippen molar-refractivity contribution in [3.63, 3.8) is 0 Å². The third-order valence-corrected chi connectivity index (χ3v) is 8.53. The molecule has 6 rings (SSSR count). The van der Waals surface area contributed by atoms with Gasteiger partial charge < -0.3 is 9.64 Å². The van der Waals surface area contributed by atoms with E-state index in [9.17, 15) is 18.0 Å². The fourth-order valence-electron chi connectivity index (χ4n) is 5.17. The van der Waals surface area contributed by atoms with Gasteiger partial charge in [0.25, 0.3) is 10.0 Å². The second kappa shape index (κ2) is 7.04. The first-order valence-electron chi connectivity index (χ1n) is 10.8. The first-order chi connectivity index (χ1) is 16.4. The number of hydrogen-bond donors (Lipinski definition) is 0. The van der Waals surface area contributed by atoms with Gasteiger partial charge in [-0.15, -0.1) is 0 Å². The van der Waals surface area contributed by atoms with Gasteiger partial charge in [-0.1, -0.05) is 48.5 Å². The molecule has 0 N–H and O–H groups in total. The maximum absolute atomic E-state index is 14.0. The monoisotopic (exact) mass is 472 g/mol. The molecule has 1 atom stereocenters. The summed E-state index contributed by atoms with van der Waals surface area (Å²) in [7, 11) is -2.39. The van der Waals surface area contributed by atoms with E-state index in [2.05, 4.69) is 0 Å². The van der Waals surface area contributed by atoms with Crippen LogP contribution in [0.5, 0.6) is 5.75 Å². The number of fused-ring (bicyclic) bond motifs is 5. The van der Waals surface area contributed by atoms with Crippen LogP contribution < -0.4 is 9.64 Å². The Hall–Kier alpha value is -3.91. The van der Waals surface area contributed by atoms with Crippen molar-refractivity contribution in [3.05, 3.63) is 95.6 Å². The van der Waals surface area contributed by atoms with Crippen LogP contribution in [0.15, 0.2) is 83.8 Å². The van der Waals surface area contributed by atoms with Gasteiger partial charge in [-0.05, 0) is 41.5 Å². The number of nitrogens with zero attached hydrogens (tertiary/aromatic N) is 2. The van der Waals surface area contributed by atoms with Crippen molar-refractivity contribution in [2.45, 2.75) is 23.3 Å².